The first-order valence-electron chi connectivity index (χ1n) is 14.1. The van der Waals surface area contributed by atoms with Crippen LogP contribution in [0.4, 0.5) is 30.4 Å². The fourth-order valence-corrected chi connectivity index (χ4v) is 5.45. The molecule has 1 saturated carbocycles. The van der Waals surface area contributed by atoms with Crippen LogP contribution in [-0.4, -0.2) is 45.1 Å². The summed E-state index contributed by atoms with van der Waals surface area (Å²) in [4.78, 5) is 8.93. The van der Waals surface area contributed by atoms with Crippen molar-refractivity contribution < 1.29 is 13.2 Å². The summed E-state index contributed by atoms with van der Waals surface area (Å²) in [5.74, 6) is 0.648. The Labute approximate surface area is 259 Å². The highest BCUT2D eigenvalue weighted by atomic mass is 35.5. The Balaban J connectivity index is 1.60. The van der Waals surface area contributed by atoms with Gasteiger partial charge >= 0.3 is 6.18 Å². The molecular formula is C31H35ClF3N9. The molecule has 5 rings (SSSR count). The van der Waals surface area contributed by atoms with Crippen molar-refractivity contribution >= 4 is 51.5 Å². The molecule has 1 aliphatic carbocycles. The second-order valence-electron chi connectivity index (χ2n) is 12.3. The zero-order valence-corrected chi connectivity index (χ0v) is 26.0. The number of rotatable bonds is 9. The van der Waals surface area contributed by atoms with E-state index in [1.54, 1.807) is 19.2 Å². The molecule has 0 bridgehead atoms. The minimum atomic E-state index is -4.41. The summed E-state index contributed by atoms with van der Waals surface area (Å²) in [6.45, 7) is 13.0. The Kier molecular flexibility index (Phi) is 8.07. The van der Waals surface area contributed by atoms with Crippen LogP contribution in [0.3, 0.4) is 0 Å². The van der Waals surface area contributed by atoms with Gasteiger partial charge in [-0.05, 0) is 49.0 Å². The number of hydrogen-bond acceptors (Lipinski definition) is 8. The van der Waals surface area contributed by atoms with E-state index < -0.39 is 17.8 Å². The summed E-state index contributed by atoms with van der Waals surface area (Å²) in [5.41, 5.74) is 7.33. The zero-order chi connectivity index (χ0) is 32.0. The largest absolute Gasteiger partial charge is 0.413 e. The number of aliphatic imine (C=N–C) groups is 1. The first kappa shape index (κ1) is 31.2. The molecule has 13 heteroatoms. The van der Waals surface area contributed by atoms with Crippen LogP contribution in [0, 0.1) is 16.7 Å². The molecule has 2 aromatic heterocycles. The third-order valence-electron chi connectivity index (χ3n) is 7.75. The number of fused-ring (bicyclic) bond motifs is 1. The number of nitriles is 1. The molecular weight excluding hydrogens is 591 g/mol. The van der Waals surface area contributed by atoms with Gasteiger partial charge < -0.3 is 20.6 Å². The molecule has 0 spiro atoms. The SMILES string of the molecule is C=C(c1ccn(C)c1/N=C\C)[C@H](Nc1cc(Cl)c2ncc(C#N)c(NCC(C)(C)C)c2c1)C1=CN(C2(C(F)(F)F)CC2)NN1. The van der Waals surface area contributed by atoms with Gasteiger partial charge in [0.25, 0.3) is 0 Å². The van der Waals surface area contributed by atoms with E-state index >= 15 is 0 Å². The molecule has 1 atom stereocenters. The maximum absolute atomic E-state index is 14.0. The lowest BCUT2D eigenvalue weighted by atomic mass is 9.96. The zero-order valence-electron chi connectivity index (χ0n) is 25.2. The first-order valence-corrected chi connectivity index (χ1v) is 14.5. The summed E-state index contributed by atoms with van der Waals surface area (Å²) in [6.07, 6.45) is 2.00. The lowest BCUT2D eigenvalue weighted by Crippen LogP contribution is -2.52. The van der Waals surface area contributed by atoms with Gasteiger partial charge in [0, 0.05) is 55.0 Å². The molecule has 0 radical (unpaired) electrons. The number of aromatic nitrogens is 2. The van der Waals surface area contributed by atoms with Crippen LogP contribution < -0.4 is 21.6 Å². The molecule has 0 saturated heterocycles. The molecule has 1 aliphatic heterocycles. The average Bonchev–Trinajstić information content (AvgIpc) is 3.51. The number of alkyl halides is 3. The van der Waals surface area contributed by atoms with E-state index in [-0.39, 0.29) is 18.3 Å². The van der Waals surface area contributed by atoms with E-state index in [4.69, 9.17) is 11.6 Å². The molecule has 0 unspecified atom stereocenters. The average molecular weight is 626 g/mol. The van der Waals surface area contributed by atoms with E-state index in [0.29, 0.717) is 62.1 Å². The molecule has 4 N–H and O–H groups in total. The van der Waals surface area contributed by atoms with Crippen molar-refractivity contribution in [3.8, 4) is 6.07 Å². The van der Waals surface area contributed by atoms with Gasteiger partial charge in [0.05, 0.1) is 33.5 Å². The van der Waals surface area contributed by atoms with Gasteiger partial charge in [-0.3, -0.25) is 9.99 Å². The molecule has 1 fully saturated rings. The monoisotopic (exact) mass is 625 g/mol. The highest BCUT2D eigenvalue weighted by molar-refractivity contribution is 6.35. The van der Waals surface area contributed by atoms with Crippen LogP contribution in [-0.2, 0) is 7.05 Å². The fraction of sp³-hybridized carbons (Fsp3) is 0.387. The lowest BCUT2D eigenvalue weighted by Gasteiger charge is -2.28. The maximum Gasteiger partial charge on any atom is 0.413 e. The van der Waals surface area contributed by atoms with E-state index in [0.717, 1.165) is 5.01 Å². The molecule has 3 heterocycles. The molecule has 2 aliphatic rings. The van der Waals surface area contributed by atoms with E-state index in [1.807, 2.05) is 29.9 Å². The van der Waals surface area contributed by atoms with Crippen molar-refractivity contribution in [2.24, 2.45) is 17.5 Å². The fourth-order valence-electron chi connectivity index (χ4n) is 5.19. The highest BCUT2D eigenvalue weighted by Crippen LogP contribution is 2.53. The quantitative estimate of drug-likeness (QED) is 0.189. The summed E-state index contributed by atoms with van der Waals surface area (Å²) < 4.78 is 43.8. The first-order chi connectivity index (χ1) is 20.7. The Morgan fingerprint density at radius 1 is 1.32 bits per heavy atom. The van der Waals surface area contributed by atoms with Crippen LogP contribution in [0.2, 0.25) is 5.02 Å². The third kappa shape index (κ3) is 5.81. The second-order valence-corrected chi connectivity index (χ2v) is 12.7. The summed E-state index contributed by atoms with van der Waals surface area (Å²) in [6, 6.07) is 6.87. The second kappa shape index (κ2) is 11.4. The van der Waals surface area contributed by atoms with Crippen molar-refractivity contribution in [1.82, 2.24) is 25.5 Å². The summed E-state index contributed by atoms with van der Waals surface area (Å²) in [5, 5.41) is 18.7. The van der Waals surface area contributed by atoms with Crippen LogP contribution in [0.1, 0.15) is 51.7 Å². The number of anilines is 2. The van der Waals surface area contributed by atoms with E-state index in [9.17, 15) is 18.4 Å². The van der Waals surface area contributed by atoms with Gasteiger partial charge in [-0.1, -0.05) is 39.0 Å². The van der Waals surface area contributed by atoms with Gasteiger partial charge in [-0.25, -0.2) is 4.99 Å². The van der Waals surface area contributed by atoms with Crippen molar-refractivity contribution in [3.63, 3.8) is 0 Å². The predicted molar refractivity (Wildman–Crippen MR) is 169 cm³/mol. The van der Waals surface area contributed by atoms with E-state index in [1.165, 1.54) is 12.4 Å². The number of aryl methyl sites for hydroxylation is 1. The topological polar surface area (TPSA) is 105 Å². The Morgan fingerprint density at radius 3 is 2.66 bits per heavy atom. The number of benzene rings is 1. The van der Waals surface area contributed by atoms with Crippen molar-refractivity contribution in [2.45, 2.75) is 58.3 Å². The number of hydrogen-bond donors (Lipinski definition) is 4. The smallest absolute Gasteiger partial charge is 0.383 e. The molecule has 1 aromatic carbocycles. The summed E-state index contributed by atoms with van der Waals surface area (Å²) >= 11 is 6.74. The number of pyridine rings is 1. The molecule has 44 heavy (non-hydrogen) atoms. The normalized spacial score (nSPS) is 16.9. The van der Waals surface area contributed by atoms with Gasteiger partial charge in [-0.2, -0.15) is 18.4 Å². The van der Waals surface area contributed by atoms with Crippen LogP contribution >= 0.6 is 11.6 Å². The van der Waals surface area contributed by atoms with Crippen LogP contribution in [0.25, 0.3) is 16.5 Å². The van der Waals surface area contributed by atoms with Gasteiger partial charge in [-0.15, -0.1) is 5.53 Å². The molecule has 232 valence electrons. The Bertz CT molecular complexity index is 1710. The number of nitrogens with one attached hydrogen (secondary N) is 4. The van der Waals surface area contributed by atoms with Crippen LogP contribution in [0.5, 0.6) is 0 Å². The van der Waals surface area contributed by atoms with Gasteiger partial charge in [0.15, 0.2) is 5.54 Å². The number of halogens is 4. The van der Waals surface area contributed by atoms with Crippen LogP contribution in [0.15, 0.2) is 54.1 Å². The van der Waals surface area contributed by atoms with Crippen molar-refractivity contribution in [1.29, 1.82) is 5.26 Å². The van der Waals surface area contributed by atoms with Gasteiger partial charge in [0.2, 0.25) is 0 Å². The lowest BCUT2D eigenvalue weighted by molar-refractivity contribution is -0.195. The van der Waals surface area contributed by atoms with E-state index in [2.05, 4.69) is 65.0 Å². The van der Waals surface area contributed by atoms with Crippen molar-refractivity contribution in [2.75, 3.05) is 17.2 Å². The highest BCUT2D eigenvalue weighted by Gasteiger charge is 2.67. The minimum Gasteiger partial charge on any atom is -0.383 e. The molecule has 3 aromatic rings. The number of nitrogens with zero attached hydrogens (tertiary/aromatic N) is 5. The van der Waals surface area contributed by atoms with Crippen molar-refractivity contribution in [3.05, 3.63) is 65.2 Å². The maximum atomic E-state index is 14.0. The standard InChI is InChI=1S/C31H35ClF3N9/c1-7-37-28-21(8-11-43(28)6)18(2)25(24-16-44(42-41-24)30(9-10-30)31(33,34)35)40-20-12-22-26(39-17-29(3,4)5)19(14-36)15-38-27(22)23(32)13-20/h7-8,11-13,15-16,25,40-42H,2,9-10,17H2,1,3-6H3,(H,38,39)/b37-7-/t25-/m0/s1. The molecule has 0 amide bonds. The summed E-state index contributed by atoms with van der Waals surface area (Å²) in [7, 11) is 1.85. The Morgan fingerprint density at radius 2 is 2.05 bits per heavy atom. The third-order valence-corrected chi connectivity index (χ3v) is 8.04. The molecule has 9 nitrogen and oxygen atoms in total. The minimum absolute atomic E-state index is 0.0130. The Hall–Kier alpha value is -4.21. The predicted octanol–water partition coefficient (Wildman–Crippen LogP) is 7.03. The number of hydrazine groups is 2. The van der Waals surface area contributed by atoms with Gasteiger partial charge in [0.1, 0.15) is 11.9 Å².